The van der Waals surface area contributed by atoms with E-state index in [2.05, 4.69) is 5.32 Å². The Kier molecular flexibility index (Phi) is 5.10. The number of ketones is 1. The molecule has 0 aliphatic heterocycles. The molecule has 22 heavy (non-hydrogen) atoms. The van der Waals surface area contributed by atoms with Gasteiger partial charge in [-0.3, -0.25) is 9.59 Å². The predicted octanol–water partition coefficient (Wildman–Crippen LogP) is 2.87. The van der Waals surface area contributed by atoms with Gasteiger partial charge in [0.2, 0.25) is 5.91 Å². The zero-order chi connectivity index (χ0) is 15.9. The Bertz CT molecular complexity index is 672. The lowest BCUT2D eigenvalue weighted by Crippen LogP contribution is -2.36. The van der Waals surface area contributed by atoms with Crippen molar-refractivity contribution in [1.29, 1.82) is 5.26 Å². The molecule has 0 bridgehead atoms. The number of benzene rings is 1. The Labute approximate surface area is 128 Å². The first kappa shape index (κ1) is 15.5. The minimum atomic E-state index is -1.38. The maximum atomic E-state index is 12.3. The first-order valence-electron chi connectivity index (χ1n) is 6.98. The van der Waals surface area contributed by atoms with Crippen LogP contribution in [0.5, 0.6) is 0 Å². The van der Waals surface area contributed by atoms with E-state index in [0.717, 1.165) is 5.56 Å². The molecule has 0 saturated carbocycles. The van der Waals surface area contributed by atoms with Gasteiger partial charge in [0, 0.05) is 0 Å². The van der Waals surface area contributed by atoms with Crippen molar-refractivity contribution in [1.82, 2.24) is 5.32 Å². The Morgan fingerprint density at radius 2 is 2.00 bits per heavy atom. The van der Waals surface area contributed by atoms with Crippen LogP contribution in [0.3, 0.4) is 0 Å². The summed E-state index contributed by atoms with van der Waals surface area (Å²) in [5.74, 6) is -2.53. The van der Waals surface area contributed by atoms with Crippen LogP contribution in [0.1, 0.15) is 35.3 Å². The van der Waals surface area contributed by atoms with Crippen molar-refractivity contribution in [2.75, 3.05) is 0 Å². The van der Waals surface area contributed by atoms with E-state index in [1.54, 1.807) is 6.07 Å². The molecule has 1 aromatic carbocycles. The van der Waals surface area contributed by atoms with Gasteiger partial charge in [0.15, 0.2) is 11.7 Å². The summed E-state index contributed by atoms with van der Waals surface area (Å²) in [6.45, 7) is 1.93. The highest BCUT2D eigenvalue weighted by atomic mass is 16.3. The molecule has 2 atom stereocenters. The number of furan rings is 1. The molecule has 2 rings (SSSR count). The van der Waals surface area contributed by atoms with Crippen LogP contribution in [0.15, 0.2) is 53.3 Å². The molecule has 1 heterocycles. The number of nitrogens with zero attached hydrogens (tertiary/aromatic N) is 1. The molecule has 0 aliphatic rings. The van der Waals surface area contributed by atoms with Gasteiger partial charge in [-0.1, -0.05) is 37.3 Å². The molecule has 0 radical (unpaired) electrons. The molecule has 2 unspecified atom stereocenters. The molecule has 5 heteroatoms. The average molecular weight is 296 g/mol. The third kappa shape index (κ3) is 3.41. The molecular formula is C17H16N2O3. The second-order valence-corrected chi connectivity index (χ2v) is 4.82. The summed E-state index contributed by atoms with van der Waals surface area (Å²) in [7, 11) is 0. The molecule has 1 aromatic heterocycles. The fraction of sp³-hybridized carbons (Fsp3) is 0.235. The van der Waals surface area contributed by atoms with Crippen molar-refractivity contribution in [3.05, 3.63) is 60.1 Å². The first-order chi connectivity index (χ1) is 10.7. The smallest absolute Gasteiger partial charge is 0.245 e. The Morgan fingerprint density at radius 1 is 1.27 bits per heavy atom. The predicted molar refractivity (Wildman–Crippen MR) is 79.8 cm³/mol. The summed E-state index contributed by atoms with van der Waals surface area (Å²) in [6, 6.07) is 12.4. The lowest BCUT2D eigenvalue weighted by Gasteiger charge is -2.18. The van der Waals surface area contributed by atoms with E-state index in [1.807, 2.05) is 37.3 Å². The summed E-state index contributed by atoms with van der Waals surface area (Å²) in [5, 5.41) is 11.9. The third-order valence-corrected chi connectivity index (χ3v) is 3.39. The lowest BCUT2D eigenvalue weighted by atomic mass is 9.98. The molecule has 2 aromatic rings. The molecule has 0 saturated heterocycles. The van der Waals surface area contributed by atoms with Crippen molar-refractivity contribution in [3.63, 3.8) is 0 Å². The van der Waals surface area contributed by atoms with Gasteiger partial charge in [-0.2, -0.15) is 5.26 Å². The molecule has 0 fully saturated rings. The number of rotatable bonds is 6. The highest BCUT2D eigenvalue weighted by Crippen LogP contribution is 2.18. The van der Waals surface area contributed by atoms with E-state index < -0.39 is 17.6 Å². The van der Waals surface area contributed by atoms with E-state index in [4.69, 9.17) is 9.68 Å². The number of amides is 1. The molecular weight excluding hydrogens is 280 g/mol. The third-order valence-electron chi connectivity index (χ3n) is 3.39. The van der Waals surface area contributed by atoms with Gasteiger partial charge in [0.1, 0.15) is 6.26 Å². The van der Waals surface area contributed by atoms with Crippen molar-refractivity contribution < 1.29 is 14.0 Å². The zero-order valence-electron chi connectivity index (χ0n) is 12.2. The molecule has 112 valence electrons. The molecule has 1 amide bonds. The number of carbonyl (C=O) groups is 2. The van der Waals surface area contributed by atoms with Crippen LogP contribution >= 0.6 is 0 Å². The molecule has 0 aliphatic carbocycles. The van der Waals surface area contributed by atoms with Crippen LogP contribution in [0.25, 0.3) is 0 Å². The summed E-state index contributed by atoms with van der Waals surface area (Å²) < 4.78 is 4.82. The van der Waals surface area contributed by atoms with Crippen molar-refractivity contribution in [3.8, 4) is 6.07 Å². The topological polar surface area (TPSA) is 83.1 Å². The standard InChI is InChI=1S/C17H16N2O3/c1-2-15(12-6-4-3-5-7-12)19-17(21)14(10-18)16(20)13-8-9-22-11-13/h3-9,11,14-15H,2H2,1H3,(H,19,21). The number of nitrogens with one attached hydrogen (secondary N) is 1. The SMILES string of the molecule is CCC(NC(=O)C(C#N)C(=O)c1ccoc1)c1ccccc1. The van der Waals surface area contributed by atoms with E-state index in [-0.39, 0.29) is 11.6 Å². The molecule has 1 N–H and O–H groups in total. The van der Waals surface area contributed by atoms with Gasteiger partial charge < -0.3 is 9.73 Å². The number of hydrogen-bond acceptors (Lipinski definition) is 4. The maximum Gasteiger partial charge on any atom is 0.245 e. The number of hydrogen-bond donors (Lipinski definition) is 1. The van der Waals surface area contributed by atoms with E-state index in [0.29, 0.717) is 6.42 Å². The van der Waals surface area contributed by atoms with Gasteiger partial charge in [0.25, 0.3) is 0 Å². The maximum absolute atomic E-state index is 12.3. The van der Waals surface area contributed by atoms with Crippen LogP contribution in [0.4, 0.5) is 0 Å². The monoisotopic (exact) mass is 296 g/mol. The van der Waals surface area contributed by atoms with E-state index in [1.165, 1.54) is 18.6 Å². The summed E-state index contributed by atoms with van der Waals surface area (Å²) in [5.41, 5.74) is 1.15. The lowest BCUT2D eigenvalue weighted by molar-refractivity contribution is -0.123. The largest absolute Gasteiger partial charge is 0.472 e. The van der Waals surface area contributed by atoms with Crippen LogP contribution in [-0.2, 0) is 4.79 Å². The van der Waals surface area contributed by atoms with E-state index >= 15 is 0 Å². The zero-order valence-corrected chi connectivity index (χ0v) is 12.2. The fourth-order valence-corrected chi connectivity index (χ4v) is 2.17. The quantitative estimate of drug-likeness (QED) is 0.656. The van der Waals surface area contributed by atoms with Gasteiger partial charge in [-0.25, -0.2) is 0 Å². The van der Waals surface area contributed by atoms with Crippen molar-refractivity contribution >= 4 is 11.7 Å². The van der Waals surface area contributed by atoms with Crippen molar-refractivity contribution in [2.45, 2.75) is 19.4 Å². The van der Waals surface area contributed by atoms with Crippen LogP contribution in [-0.4, -0.2) is 11.7 Å². The first-order valence-corrected chi connectivity index (χ1v) is 6.98. The van der Waals surface area contributed by atoms with Crippen LogP contribution < -0.4 is 5.32 Å². The van der Waals surface area contributed by atoms with Crippen LogP contribution in [0.2, 0.25) is 0 Å². The second-order valence-electron chi connectivity index (χ2n) is 4.82. The van der Waals surface area contributed by atoms with Gasteiger partial charge >= 0.3 is 0 Å². The highest BCUT2D eigenvalue weighted by Gasteiger charge is 2.29. The van der Waals surface area contributed by atoms with Crippen LogP contribution in [0, 0.1) is 17.2 Å². The van der Waals surface area contributed by atoms with E-state index in [9.17, 15) is 9.59 Å². The second kappa shape index (κ2) is 7.23. The van der Waals surface area contributed by atoms with Gasteiger partial charge in [-0.15, -0.1) is 0 Å². The Morgan fingerprint density at radius 3 is 2.55 bits per heavy atom. The minimum Gasteiger partial charge on any atom is -0.472 e. The number of nitriles is 1. The van der Waals surface area contributed by atoms with Crippen molar-refractivity contribution in [2.24, 2.45) is 5.92 Å². The average Bonchev–Trinajstić information content (AvgIpc) is 3.08. The summed E-state index contributed by atoms with van der Waals surface area (Å²) in [4.78, 5) is 24.4. The Balaban J connectivity index is 2.12. The minimum absolute atomic E-state index is 0.217. The van der Waals surface area contributed by atoms with Gasteiger partial charge in [0.05, 0.1) is 23.9 Å². The normalized spacial score (nSPS) is 12.9. The molecule has 5 nitrogen and oxygen atoms in total. The summed E-state index contributed by atoms with van der Waals surface area (Å²) >= 11 is 0. The number of carbonyl (C=O) groups excluding carboxylic acids is 2. The molecule has 0 spiro atoms. The van der Waals surface area contributed by atoms with Gasteiger partial charge in [-0.05, 0) is 18.1 Å². The fourth-order valence-electron chi connectivity index (χ4n) is 2.17. The highest BCUT2D eigenvalue weighted by molar-refractivity contribution is 6.12. The number of Topliss-reactive ketones (excluding diaryl/α,β-unsaturated/α-hetero) is 1. The summed E-state index contributed by atoms with van der Waals surface area (Å²) in [6.07, 6.45) is 3.22. The Hall–Kier alpha value is -2.87.